The predicted molar refractivity (Wildman–Crippen MR) is 169 cm³/mol. The average molecular weight is 567 g/mol. The number of rotatable bonds is 7. The standard InChI is InChI=1S/C33H38N6OS/c1-21-3-10-27(28(15-21)24-11-12-34-17-24)29-16-25-18-35-33(37-31(25)39(32(29)40)19-22-4-5-22)36-26-8-6-23(7-9-26)30-20-38(2)13-14-41-30/h3,6-10,15-16,18,22,24,30,34H,4-5,11-14,17,19-20H2,1-2H3,(H,35,36,37). The summed E-state index contributed by atoms with van der Waals surface area (Å²) in [5.74, 6) is 2.64. The quantitative estimate of drug-likeness (QED) is 0.297. The maximum absolute atomic E-state index is 14.1. The molecule has 212 valence electrons. The number of hydrogen-bond acceptors (Lipinski definition) is 7. The fourth-order valence-corrected chi connectivity index (χ4v) is 7.63. The van der Waals surface area contributed by atoms with E-state index in [4.69, 9.17) is 4.98 Å². The molecule has 41 heavy (non-hydrogen) atoms. The number of aryl methyl sites for hydroxylation is 1. The van der Waals surface area contributed by atoms with Crippen molar-refractivity contribution in [1.82, 2.24) is 24.8 Å². The molecule has 1 aliphatic carbocycles. The number of likely N-dealkylation sites (N-methyl/N-ethyl adjacent to an activating group) is 1. The Hall–Kier alpha value is -3.20. The van der Waals surface area contributed by atoms with Gasteiger partial charge in [0.15, 0.2) is 0 Å². The van der Waals surface area contributed by atoms with Crippen molar-refractivity contribution in [2.45, 2.75) is 43.9 Å². The third-order valence-electron chi connectivity index (χ3n) is 8.77. The molecule has 0 radical (unpaired) electrons. The number of nitrogens with zero attached hydrogens (tertiary/aromatic N) is 4. The SMILES string of the molecule is Cc1ccc(-c2cc3cnc(Nc4ccc(C5CN(C)CCS5)cc4)nc3n(CC3CC3)c2=O)c(C2CCNC2)c1. The number of hydrogen-bond donors (Lipinski definition) is 2. The van der Waals surface area contributed by atoms with Gasteiger partial charge in [-0.2, -0.15) is 16.7 Å². The smallest absolute Gasteiger partial charge is 0.260 e. The Kier molecular flexibility index (Phi) is 7.31. The summed E-state index contributed by atoms with van der Waals surface area (Å²) in [5.41, 5.74) is 7.35. The van der Waals surface area contributed by atoms with Crippen molar-refractivity contribution < 1.29 is 0 Å². The van der Waals surface area contributed by atoms with Crippen LogP contribution in [0, 0.1) is 12.8 Å². The molecule has 7 nitrogen and oxygen atoms in total. The molecule has 2 N–H and O–H groups in total. The molecular formula is C33H38N6OS. The summed E-state index contributed by atoms with van der Waals surface area (Å²) in [4.78, 5) is 26.1. The lowest BCUT2D eigenvalue weighted by atomic mass is 9.89. The lowest BCUT2D eigenvalue weighted by Crippen LogP contribution is -2.30. The van der Waals surface area contributed by atoms with Gasteiger partial charge in [0.2, 0.25) is 5.95 Å². The van der Waals surface area contributed by atoms with E-state index >= 15 is 0 Å². The van der Waals surface area contributed by atoms with Gasteiger partial charge in [-0.1, -0.05) is 35.9 Å². The van der Waals surface area contributed by atoms with Gasteiger partial charge in [0.1, 0.15) is 5.65 Å². The molecule has 0 bridgehead atoms. The van der Waals surface area contributed by atoms with Crippen molar-refractivity contribution in [3.05, 3.63) is 81.8 Å². The molecular weight excluding hydrogens is 528 g/mol. The first-order valence-electron chi connectivity index (χ1n) is 14.9. The molecule has 2 aliphatic heterocycles. The number of aromatic nitrogens is 3. The van der Waals surface area contributed by atoms with Gasteiger partial charge in [-0.3, -0.25) is 9.36 Å². The van der Waals surface area contributed by atoms with Crippen molar-refractivity contribution in [2.24, 2.45) is 5.92 Å². The van der Waals surface area contributed by atoms with E-state index in [2.05, 4.69) is 77.0 Å². The summed E-state index contributed by atoms with van der Waals surface area (Å²) in [7, 11) is 2.19. The van der Waals surface area contributed by atoms with Crippen molar-refractivity contribution in [3.63, 3.8) is 0 Å². The third kappa shape index (κ3) is 5.65. The topological polar surface area (TPSA) is 75.1 Å². The van der Waals surface area contributed by atoms with Crippen LogP contribution in [0.3, 0.4) is 0 Å². The van der Waals surface area contributed by atoms with E-state index in [-0.39, 0.29) is 5.56 Å². The number of fused-ring (bicyclic) bond motifs is 1. The zero-order valence-corrected chi connectivity index (χ0v) is 24.7. The van der Waals surface area contributed by atoms with Crippen LogP contribution in [0.15, 0.2) is 59.5 Å². The molecule has 0 amide bonds. The Labute approximate surface area is 245 Å². The monoisotopic (exact) mass is 566 g/mol. The Morgan fingerprint density at radius 2 is 1.93 bits per heavy atom. The highest BCUT2D eigenvalue weighted by Crippen LogP contribution is 2.36. The van der Waals surface area contributed by atoms with Crippen LogP contribution < -0.4 is 16.2 Å². The largest absolute Gasteiger partial charge is 0.324 e. The highest BCUT2D eigenvalue weighted by Gasteiger charge is 2.27. The molecule has 4 aromatic rings. The van der Waals surface area contributed by atoms with Crippen LogP contribution in [0.2, 0.25) is 0 Å². The second-order valence-electron chi connectivity index (χ2n) is 12.0. The Morgan fingerprint density at radius 1 is 1.07 bits per heavy atom. The molecule has 0 spiro atoms. The highest BCUT2D eigenvalue weighted by atomic mass is 32.2. The van der Waals surface area contributed by atoms with E-state index in [1.54, 1.807) is 0 Å². The molecule has 4 heterocycles. The van der Waals surface area contributed by atoms with Gasteiger partial charge in [0.05, 0.1) is 0 Å². The first kappa shape index (κ1) is 26.7. The van der Waals surface area contributed by atoms with E-state index in [1.165, 1.54) is 35.3 Å². The van der Waals surface area contributed by atoms with Gasteiger partial charge in [-0.05, 0) is 86.5 Å². The van der Waals surface area contributed by atoms with Crippen LogP contribution in [0.4, 0.5) is 11.6 Å². The first-order valence-corrected chi connectivity index (χ1v) is 16.0. The lowest BCUT2D eigenvalue weighted by molar-refractivity contribution is 0.347. The second kappa shape index (κ2) is 11.2. The molecule has 2 aromatic heterocycles. The molecule has 7 rings (SSSR count). The van der Waals surface area contributed by atoms with Crippen molar-refractivity contribution in [2.75, 3.05) is 44.3 Å². The molecule has 2 saturated heterocycles. The average Bonchev–Trinajstić information content (AvgIpc) is 3.64. The van der Waals surface area contributed by atoms with Crippen LogP contribution in [-0.2, 0) is 6.54 Å². The van der Waals surface area contributed by atoms with Gasteiger partial charge in [0, 0.05) is 60.0 Å². The number of nitrogens with one attached hydrogen (secondary N) is 2. The summed E-state index contributed by atoms with van der Waals surface area (Å²) >= 11 is 2.03. The minimum atomic E-state index is 0.0458. The van der Waals surface area contributed by atoms with E-state index in [0.29, 0.717) is 35.2 Å². The molecule has 2 aromatic carbocycles. The lowest BCUT2D eigenvalue weighted by Gasteiger charge is -2.29. The Bertz CT molecular complexity index is 1620. The molecule has 1 saturated carbocycles. The van der Waals surface area contributed by atoms with Crippen molar-refractivity contribution in [3.8, 4) is 11.1 Å². The molecule has 3 aliphatic rings. The minimum Gasteiger partial charge on any atom is -0.324 e. The van der Waals surface area contributed by atoms with E-state index in [1.807, 2.05) is 28.6 Å². The second-order valence-corrected chi connectivity index (χ2v) is 13.3. The summed E-state index contributed by atoms with van der Waals surface area (Å²) < 4.78 is 1.91. The summed E-state index contributed by atoms with van der Waals surface area (Å²) in [6.45, 7) is 7.03. The van der Waals surface area contributed by atoms with Gasteiger partial charge >= 0.3 is 0 Å². The van der Waals surface area contributed by atoms with Gasteiger partial charge in [-0.15, -0.1) is 0 Å². The Balaban J connectivity index is 1.23. The third-order valence-corrected chi connectivity index (χ3v) is 10.0. The minimum absolute atomic E-state index is 0.0458. The van der Waals surface area contributed by atoms with E-state index in [0.717, 1.165) is 54.8 Å². The van der Waals surface area contributed by atoms with Gasteiger partial charge in [0.25, 0.3) is 5.56 Å². The molecule has 8 heteroatoms. The number of anilines is 2. The molecule has 2 unspecified atom stereocenters. The van der Waals surface area contributed by atoms with E-state index in [9.17, 15) is 4.79 Å². The highest BCUT2D eigenvalue weighted by molar-refractivity contribution is 7.99. The fourth-order valence-electron chi connectivity index (χ4n) is 6.22. The van der Waals surface area contributed by atoms with Crippen LogP contribution >= 0.6 is 11.8 Å². The van der Waals surface area contributed by atoms with Crippen LogP contribution in [0.25, 0.3) is 22.2 Å². The van der Waals surface area contributed by atoms with Gasteiger partial charge in [-0.25, -0.2) is 4.98 Å². The molecule has 2 atom stereocenters. The fraction of sp³-hybridized carbons (Fsp3) is 0.424. The summed E-state index contributed by atoms with van der Waals surface area (Å²) in [6.07, 6.45) is 5.29. The van der Waals surface area contributed by atoms with Crippen LogP contribution in [-0.4, -0.2) is 58.4 Å². The van der Waals surface area contributed by atoms with Crippen LogP contribution in [0.5, 0.6) is 0 Å². The van der Waals surface area contributed by atoms with Crippen LogP contribution in [0.1, 0.15) is 47.1 Å². The van der Waals surface area contributed by atoms with Crippen molar-refractivity contribution >= 4 is 34.4 Å². The number of pyridine rings is 1. The maximum Gasteiger partial charge on any atom is 0.260 e. The number of benzene rings is 2. The predicted octanol–water partition coefficient (Wildman–Crippen LogP) is 5.72. The molecule has 3 fully saturated rings. The van der Waals surface area contributed by atoms with E-state index < -0.39 is 0 Å². The number of thioether (sulfide) groups is 1. The maximum atomic E-state index is 14.1. The summed E-state index contributed by atoms with van der Waals surface area (Å²) in [5, 5.41) is 8.28. The normalized spacial score (nSPS) is 21.4. The van der Waals surface area contributed by atoms with Crippen molar-refractivity contribution in [1.29, 1.82) is 0 Å². The zero-order chi connectivity index (χ0) is 27.9. The van der Waals surface area contributed by atoms with Gasteiger partial charge < -0.3 is 15.5 Å². The summed E-state index contributed by atoms with van der Waals surface area (Å²) in [6, 6.07) is 17.2. The first-order chi connectivity index (χ1) is 20.0. The zero-order valence-electron chi connectivity index (χ0n) is 23.9. The Morgan fingerprint density at radius 3 is 2.68 bits per heavy atom.